The van der Waals surface area contributed by atoms with Gasteiger partial charge < -0.3 is 0 Å². The summed E-state index contributed by atoms with van der Waals surface area (Å²) < 4.78 is 0. The average molecular weight is 262 g/mol. The highest BCUT2D eigenvalue weighted by molar-refractivity contribution is 5.18. The molecule has 0 unspecified atom stereocenters. The van der Waals surface area contributed by atoms with Crippen molar-refractivity contribution >= 4 is 0 Å². The minimum atomic E-state index is 1.04. The smallest absolute Gasteiger partial charge is 0.00975 e. The standard InChI is InChI=1S/C20H22/c1(3-7-13-19-15-9-5-10-16-19)2-4-8-14-20-17-11-6-12-18-20/h3-12,15-18H,1-2,13-14H2. The summed E-state index contributed by atoms with van der Waals surface area (Å²) in [5.74, 6) is 0. The lowest BCUT2D eigenvalue weighted by atomic mass is 10.1. The molecule has 0 aliphatic rings. The molecule has 0 atom stereocenters. The van der Waals surface area contributed by atoms with E-state index in [0.717, 1.165) is 25.7 Å². The molecule has 0 amide bonds. The lowest BCUT2D eigenvalue weighted by molar-refractivity contribution is 1.03. The molecule has 102 valence electrons. The zero-order valence-electron chi connectivity index (χ0n) is 11.9. The van der Waals surface area contributed by atoms with E-state index in [1.807, 2.05) is 0 Å². The first-order valence-electron chi connectivity index (χ1n) is 7.33. The Balaban J connectivity index is 1.59. The summed E-state index contributed by atoms with van der Waals surface area (Å²) in [7, 11) is 0. The van der Waals surface area contributed by atoms with Crippen molar-refractivity contribution in [1.29, 1.82) is 0 Å². The molecule has 2 rings (SSSR count). The monoisotopic (exact) mass is 262 g/mol. The highest BCUT2D eigenvalue weighted by Gasteiger charge is 1.86. The number of benzene rings is 2. The molecule has 0 N–H and O–H groups in total. The van der Waals surface area contributed by atoms with Crippen LogP contribution in [0.1, 0.15) is 24.0 Å². The summed E-state index contributed by atoms with van der Waals surface area (Å²) in [6, 6.07) is 21.2. The van der Waals surface area contributed by atoms with Gasteiger partial charge in [-0.3, -0.25) is 0 Å². The molecule has 0 nitrogen and oxygen atoms in total. The van der Waals surface area contributed by atoms with Gasteiger partial charge in [-0.15, -0.1) is 0 Å². The topological polar surface area (TPSA) is 0 Å². The molecule has 0 saturated heterocycles. The Morgan fingerprint density at radius 2 is 0.900 bits per heavy atom. The van der Waals surface area contributed by atoms with Gasteiger partial charge in [-0.05, 0) is 36.8 Å². The highest BCUT2D eigenvalue weighted by atomic mass is 13.9. The quantitative estimate of drug-likeness (QED) is 0.465. The number of hydrogen-bond donors (Lipinski definition) is 0. The van der Waals surface area contributed by atoms with Crippen molar-refractivity contribution < 1.29 is 0 Å². The number of hydrogen-bond acceptors (Lipinski definition) is 0. The molecule has 0 saturated carbocycles. The van der Waals surface area contributed by atoms with E-state index in [2.05, 4.69) is 85.0 Å². The molecule has 0 bridgehead atoms. The van der Waals surface area contributed by atoms with Crippen LogP contribution in [0.15, 0.2) is 85.0 Å². The first-order chi connectivity index (χ1) is 9.95. The number of rotatable bonds is 7. The molecular weight excluding hydrogens is 240 g/mol. The molecule has 0 aliphatic heterocycles. The van der Waals surface area contributed by atoms with Crippen LogP contribution in [0.3, 0.4) is 0 Å². The SMILES string of the molecule is C(=CCc1ccccc1)CCC=CCc1ccccc1. The van der Waals surface area contributed by atoms with Crippen molar-refractivity contribution in [2.45, 2.75) is 25.7 Å². The summed E-state index contributed by atoms with van der Waals surface area (Å²) in [5.41, 5.74) is 2.76. The van der Waals surface area contributed by atoms with E-state index in [9.17, 15) is 0 Å². The second-order valence-corrected chi connectivity index (χ2v) is 4.90. The van der Waals surface area contributed by atoms with E-state index in [1.54, 1.807) is 0 Å². The third-order valence-corrected chi connectivity index (χ3v) is 3.23. The molecule has 0 radical (unpaired) electrons. The van der Waals surface area contributed by atoms with Gasteiger partial charge in [-0.25, -0.2) is 0 Å². The first-order valence-corrected chi connectivity index (χ1v) is 7.33. The lowest BCUT2D eigenvalue weighted by Gasteiger charge is -1.95. The van der Waals surface area contributed by atoms with Crippen LogP contribution in [-0.2, 0) is 12.8 Å². The van der Waals surface area contributed by atoms with Gasteiger partial charge in [0.2, 0.25) is 0 Å². The van der Waals surface area contributed by atoms with Crippen LogP contribution >= 0.6 is 0 Å². The highest BCUT2D eigenvalue weighted by Crippen LogP contribution is 2.03. The van der Waals surface area contributed by atoms with Crippen molar-refractivity contribution in [2.75, 3.05) is 0 Å². The van der Waals surface area contributed by atoms with Gasteiger partial charge in [0.05, 0.1) is 0 Å². The Kier molecular flexibility index (Phi) is 6.40. The zero-order valence-corrected chi connectivity index (χ0v) is 11.9. The average Bonchev–Trinajstić information content (AvgIpc) is 2.52. The van der Waals surface area contributed by atoms with Gasteiger partial charge in [0.1, 0.15) is 0 Å². The van der Waals surface area contributed by atoms with Gasteiger partial charge >= 0.3 is 0 Å². The predicted molar refractivity (Wildman–Crippen MR) is 87.8 cm³/mol. The third kappa shape index (κ3) is 5.71. The van der Waals surface area contributed by atoms with Crippen LogP contribution in [0, 0.1) is 0 Å². The van der Waals surface area contributed by atoms with Gasteiger partial charge in [-0.1, -0.05) is 85.0 Å². The van der Waals surface area contributed by atoms with E-state index in [1.165, 1.54) is 11.1 Å². The van der Waals surface area contributed by atoms with Crippen LogP contribution in [0.5, 0.6) is 0 Å². The van der Waals surface area contributed by atoms with E-state index < -0.39 is 0 Å². The van der Waals surface area contributed by atoms with Gasteiger partial charge in [-0.2, -0.15) is 0 Å². The van der Waals surface area contributed by atoms with E-state index in [-0.39, 0.29) is 0 Å². The van der Waals surface area contributed by atoms with E-state index in [4.69, 9.17) is 0 Å². The Bertz CT molecular complexity index is 469. The largest absolute Gasteiger partial charge is 0.0879 e. The van der Waals surface area contributed by atoms with Crippen LogP contribution in [0.4, 0.5) is 0 Å². The van der Waals surface area contributed by atoms with Crippen LogP contribution in [0.2, 0.25) is 0 Å². The fourth-order valence-electron chi connectivity index (χ4n) is 2.10. The predicted octanol–water partition coefficient (Wildman–Crippen LogP) is 5.36. The molecule has 0 heteroatoms. The van der Waals surface area contributed by atoms with Crippen molar-refractivity contribution in [3.8, 4) is 0 Å². The van der Waals surface area contributed by atoms with Crippen molar-refractivity contribution in [3.05, 3.63) is 96.1 Å². The van der Waals surface area contributed by atoms with Crippen molar-refractivity contribution in [1.82, 2.24) is 0 Å². The fourth-order valence-corrected chi connectivity index (χ4v) is 2.10. The Hall–Kier alpha value is -2.08. The summed E-state index contributed by atoms with van der Waals surface area (Å²) in [5, 5.41) is 0. The summed E-state index contributed by atoms with van der Waals surface area (Å²) in [6.45, 7) is 0. The molecule has 0 fully saturated rings. The normalized spacial score (nSPS) is 11.4. The number of unbranched alkanes of at least 4 members (excludes halogenated alkanes) is 1. The molecule has 2 aromatic rings. The Morgan fingerprint density at radius 1 is 0.500 bits per heavy atom. The summed E-state index contributed by atoms with van der Waals surface area (Å²) in [6.07, 6.45) is 13.4. The fraction of sp³-hybridized carbons (Fsp3) is 0.200. The van der Waals surface area contributed by atoms with Gasteiger partial charge in [0.15, 0.2) is 0 Å². The number of allylic oxidation sites excluding steroid dienone is 4. The van der Waals surface area contributed by atoms with Crippen LogP contribution in [-0.4, -0.2) is 0 Å². The maximum absolute atomic E-state index is 2.28. The van der Waals surface area contributed by atoms with Crippen molar-refractivity contribution in [2.24, 2.45) is 0 Å². The van der Waals surface area contributed by atoms with Crippen molar-refractivity contribution in [3.63, 3.8) is 0 Å². The van der Waals surface area contributed by atoms with Crippen LogP contribution in [0.25, 0.3) is 0 Å². The minimum Gasteiger partial charge on any atom is -0.0879 e. The molecule has 20 heavy (non-hydrogen) atoms. The summed E-state index contributed by atoms with van der Waals surface area (Å²) >= 11 is 0. The van der Waals surface area contributed by atoms with Gasteiger partial charge in [0, 0.05) is 0 Å². The van der Waals surface area contributed by atoms with Crippen LogP contribution < -0.4 is 0 Å². The van der Waals surface area contributed by atoms with E-state index >= 15 is 0 Å². The van der Waals surface area contributed by atoms with E-state index in [0.29, 0.717) is 0 Å². The lowest BCUT2D eigenvalue weighted by Crippen LogP contribution is -1.79. The van der Waals surface area contributed by atoms with Gasteiger partial charge in [0.25, 0.3) is 0 Å². The molecule has 0 heterocycles. The molecule has 0 aromatic heterocycles. The maximum atomic E-state index is 2.28. The molecular formula is C20H22. The Labute approximate surface area is 122 Å². The molecule has 2 aromatic carbocycles. The second-order valence-electron chi connectivity index (χ2n) is 4.90. The summed E-state index contributed by atoms with van der Waals surface area (Å²) in [4.78, 5) is 0. The Morgan fingerprint density at radius 3 is 1.30 bits per heavy atom. The zero-order chi connectivity index (χ0) is 13.9. The maximum Gasteiger partial charge on any atom is -0.00975 e. The third-order valence-electron chi connectivity index (χ3n) is 3.23. The first kappa shape index (κ1) is 14.3. The second kappa shape index (κ2) is 8.92. The molecule has 0 spiro atoms. The molecule has 0 aliphatic carbocycles. The minimum absolute atomic E-state index is 1.04.